The Labute approximate surface area is 151 Å². The van der Waals surface area contributed by atoms with Gasteiger partial charge < -0.3 is 0 Å². The van der Waals surface area contributed by atoms with Gasteiger partial charge >= 0.3 is 0 Å². The highest BCUT2D eigenvalue weighted by Gasteiger charge is 2.22. The van der Waals surface area contributed by atoms with Gasteiger partial charge in [0.15, 0.2) is 5.69 Å². The first-order chi connectivity index (χ1) is 12.6. The maximum atomic E-state index is 12.6. The summed E-state index contributed by atoms with van der Waals surface area (Å²) in [6.45, 7) is 2.37. The molecule has 0 aliphatic heterocycles. The second-order valence-electron chi connectivity index (χ2n) is 6.70. The van der Waals surface area contributed by atoms with Gasteiger partial charge in [0, 0.05) is 17.8 Å². The zero-order valence-corrected chi connectivity index (χ0v) is 15.0. The molecule has 0 radical (unpaired) electrons. The highest BCUT2D eigenvalue weighted by Crippen LogP contribution is 2.23. The summed E-state index contributed by atoms with van der Waals surface area (Å²) in [4.78, 5) is 37.3. The van der Waals surface area contributed by atoms with Crippen molar-refractivity contribution in [3.8, 4) is 0 Å². The van der Waals surface area contributed by atoms with Crippen LogP contribution in [0.5, 0.6) is 0 Å². The average Bonchev–Trinajstić information content (AvgIpc) is 2.69. The van der Waals surface area contributed by atoms with Gasteiger partial charge in [0.25, 0.3) is 11.5 Å². The summed E-state index contributed by atoms with van der Waals surface area (Å²) < 4.78 is 1.31. The molecule has 0 atom stereocenters. The molecule has 0 saturated heterocycles. The van der Waals surface area contributed by atoms with Crippen LogP contribution in [-0.2, 0) is 11.3 Å². The van der Waals surface area contributed by atoms with Gasteiger partial charge in [-0.05, 0) is 25.3 Å². The van der Waals surface area contributed by atoms with Crippen LogP contribution >= 0.6 is 0 Å². The third-order valence-corrected chi connectivity index (χ3v) is 4.79. The van der Waals surface area contributed by atoms with E-state index in [9.17, 15) is 14.4 Å². The lowest BCUT2D eigenvalue weighted by molar-refractivity contribution is -0.126. The van der Waals surface area contributed by atoms with E-state index in [0.717, 1.165) is 38.5 Å². The predicted molar refractivity (Wildman–Crippen MR) is 98.5 cm³/mol. The highest BCUT2D eigenvalue weighted by atomic mass is 16.2. The van der Waals surface area contributed by atoms with E-state index in [-0.39, 0.29) is 23.1 Å². The minimum atomic E-state index is -0.518. The van der Waals surface area contributed by atoms with Crippen molar-refractivity contribution in [3.63, 3.8) is 0 Å². The number of amides is 2. The SMILES string of the molecule is CCCn1nc(C(=O)NNC(=O)C2CCCCC2)c2ccccc2c1=O. The Kier molecular flexibility index (Phi) is 5.65. The van der Waals surface area contributed by atoms with E-state index in [2.05, 4.69) is 16.0 Å². The molecule has 1 saturated carbocycles. The van der Waals surface area contributed by atoms with Gasteiger partial charge in [-0.2, -0.15) is 5.10 Å². The fourth-order valence-corrected chi connectivity index (χ4v) is 3.41. The summed E-state index contributed by atoms with van der Waals surface area (Å²) in [6.07, 6.45) is 5.67. The first kappa shape index (κ1) is 18.1. The number of aryl methyl sites for hydroxylation is 1. The van der Waals surface area contributed by atoms with Crippen molar-refractivity contribution in [3.05, 3.63) is 40.3 Å². The van der Waals surface area contributed by atoms with Crippen molar-refractivity contribution in [1.82, 2.24) is 20.6 Å². The minimum Gasteiger partial charge on any atom is -0.273 e. The van der Waals surface area contributed by atoms with Crippen LogP contribution in [0.2, 0.25) is 0 Å². The van der Waals surface area contributed by atoms with Crippen LogP contribution in [0.1, 0.15) is 55.9 Å². The molecule has 26 heavy (non-hydrogen) atoms. The van der Waals surface area contributed by atoms with Gasteiger partial charge in [0.2, 0.25) is 5.91 Å². The summed E-state index contributed by atoms with van der Waals surface area (Å²) in [7, 11) is 0. The maximum absolute atomic E-state index is 12.6. The Bertz CT molecular complexity index is 869. The monoisotopic (exact) mass is 356 g/mol. The zero-order chi connectivity index (χ0) is 18.5. The number of carbonyl (C=O) groups is 2. The largest absolute Gasteiger partial charge is 0.290 e. The van der Waals surface area contributed by atoms with Crippen molar-refractivity contribution in [2.45, 2.75) is 52.0 Å². The fraction of sp³-hybridized carbons (Fsp3) is 0.474. The average molecular weight is 356 g/mol. The number of rotatable bonds is 4. The molecule has 7 heteroatoms. The third kappa shape index (κ3) is 3.76. The van der Waals surface area contributed by atoms with Crippen molar-refractivity contribution in [2.75, 3.05) is 0 Å². The van der Waals surface area contributed by atoms with Gasteiger partial charge in [0.1, 0.15) is 0 Å². The van der Waals surface area contributed by atoms with E-state index in [1.165, 1.54) is 4.68 Å². The van der Waals surface area contributed by atoms with Crippen LogP contribution in [0.25, 0.3) is 10.8 Å². The van der Waals surface area contributed by atoms with Crippen molar-refractivity contribution in [1.29, 1.82) is 0 Å². The molecule has 2 amide bonds. The van der Waals surface area contributed by atoms with E-state index >= 15 is 0 Å². The number of hydrazine groups is 1. The zero-order valence-electron chi connectivity index (χ0n) is 15.0. The predicted octanol–water partition coefficient (Wildman–Crippen LogP) is 2.15. The van der Waals surface area contributed by atoms with E-state index in [1.54, 1.807) is 24.3 Å². The molecule has 1 aromatic carbocycles. The third-order valence-electron chi connectivity index (χ3n) is 4.79. The Morgan fingerprint density at radius 1 is 1.12 bits per heavy atom. The van der Waals surface area contributed by atoms with Crippen LogP contribution in [0, 0.1) is 5.92 Å². The molecule has 2 aromatic rings. The molecule has 1 fully saturated rings. The molecule has 1 aliphatic carbocycles. The van der Waals surface area contributed by atoms with Gasteiger partial charge in [-0.1, -0.05) is 44.4 Å². The Balaban J connectivity index is 1.82. The van der Waals surface area contributed by atoms with Gasteiger partial charge in [-0.3, -0.25) is 25.2 Å². The van der Waals surface area contributed by atoms with Crippen molar-refractivity contribution >= 4 is 22.6 Å². The van der Waals surface area contributed by atoms with Crippen LogP contribution in [0.15, 0.2) is 29.1 Å². The van der Waals surface area contributed by atoms with Crippen LogP contribution in [0.4, 0.5) is 0 Å². The van der Waals surface area contributed by atoms with Crippen LogP contribution in [-0.4, -0.2) is 21.6 Å². The second kappa shape index (κ2) is 8.12. The second-order valence-corrected chi connectivity index (χ2v) is 6.70. The molecule has 7 nitrogen and oxygen atoms in total. The van der Waals surface area contributed by atoms with E-state index in [4.69, 9.17) is 0 Å². The molecule has 0 bridgehead atoms. The van der Waals surface area contributed by atoms with Crippen LogP contribution in [0.3, 0.4) is 0 Å². The topological polar surface area (TPSA) is 93.1 Å². The lowest BCUT2D eigenvalue weighted by atomic mass is 9.89. The Morgan fingerprint density at radius 3 is 2.50 bits per heavy atom. The lowest BCUT2D eigenvalue weighted by Crippen LogP contribution is -2.45. The quantitative estimate of drug-likeness (QED) is 0.821. The number of hydrogen-bond acceptors (Lipinski definition) is 4. The number of fused-ring (bicyclic) bond motifs is 1. The summed E-state index contributed by atoms with van der Waals surface area (Å²) in [5.41, 5.74) is 4.90. The maximum Gasteiger partial charge on any atom is 0.290 e. The van der Waals surface area contributed by atoms with Gasteiger partial charge in [-0.25, -0.2) is 4.68 Å². The Hall–Kier alpha value is -2.70. The molecule has 0 spiro atoms. The lowest BCUT2D eigenvalue weighted by Gasteiger charge is -2.20. The first-order valence-corrected chi connectivity index (χ1v) is 9.22. The molecule has 2 N–H and O–H groups in total. The normalized spacial score (nSPS) is 15.0. The number of hydrogen-bond donors (Lipinski definition) is 2. The fourth-order valence-electron chi connectivity index (χ4n) is 3.41. The summed E-state index contributed by atoms with van der Waals surface area (Å²) in [6, 6.07) is 6.89. The smallest absolute Gasteiger partial charge is 0.273 e. The minimum absolute atomic E-state index is 0.0530. The number of nitrogens with one attached hydrogen (secondary N) is 2. The van der Waals surface area contributed by atoms with Gasteiger partial charge in [-0.15, -0.1) is 0 Å². The van der Waals surface area contributed by atoms with E-state index < -0.39 is 5.91 Å². The Morgan fingerprint density at radius 2 is 1.81 bits per heavy atom. The number of nitrogens with zero attached hydrogens (tertiary/aromatic N) is 2. The van der Waals surface area contributed by atoms with E-state index in [1.807, 2.05) is 6.92 Å². The summed E-state index contributed by atoms with van der Waals surface area (Å²) in [5.74, 6) is -0.734. The number of carbonyl (C=O) groups excluding carboxylic acids is 2. The molecule has 3 rings (SSSR count). The molecule has 0 unspecified atom stereocenters. The summed E-state index contributed by atoms with van der Waals surface area (Å²) >= 11 is 0. The number of benzene rings is 1. The molecule has 1 aromatic heterocycles. The standard InChI is InChI=1S/C19H24N4O3/c1-2-12-23-19(26)15-11-7-6-10-14(15)16(22-23)18(25)21-20-17(24)13-8-4-3-5-9-13/h6-7,10-11,13H,2-5,8-9,12H2,1H3,(H,20,24)(H,21,25). The molecule has 138 valence electrons. The molecule has 1 aliphatic rings. The highest BCUT2D eigenvalue weighted by molar-refractivity contribution is 6.05. The van der Waals surface area contributed by atoms with Gasteiger partial charge in [0.05, 0.1) is 5.39 Å². The molecular formula is C19H24N4O3. The van der Waals surface area contributed by atoms with Crippen LogP contribution < -0.4 is 16.4 Å². The van der Waals surface area contributed by atoms with Crippen molar-refractivity contribution < 1.29 is 9.59 Å². The molecule has 1 heterocycles. The van der Waals surface area contributed by atoms with Crippen molar-refractivity contribution in [2.24, 2.45) is 5.92 Å². The summed E-state index contributed by atoms with van der Waals surface area (Å²) in [5, 5.41) is 5.15. The molecular weight excluding hydrogens is 332 g/mol. The first-order valence-electron chi connectivity index (χ1n) is 9.22. The number of aromatic nitrogens is 2. The van der Waals surface area contributed by atoms with E-state index in [0.29, 0.717) is 17.3 Å².